The third-order valence-corrected chi connectivity index (χ3v) is 7.55. The summed E-state index contributed by atoms with van der Waals surface area (Å²) in [5.41, 5.74) is 2.23. The lowest BCUT2D eigenvalue weighted by Crippen LogP contribution is -2.13. The first-order valence-electron chi connectivity index (χ1n) is 12.2. The molecule has 0 bridgehead atoms. The number of hydrogen-bond donors (Lipinski definition) is 0. The summed E-state index contributed by atoms with van der Waals surface area (Å²) in [5, 5.41) is 1.55. The topological polar surface area (TPSA) is 0 Å². The van der Waals surface area contributed by atoms with Crippen LogP contribution in [0.25, 0.3) is 21.9 Å². The van der Waals surface area contributed by atoms with Crippen LogP contribution in [0.3, 0.4) is 0 Å². The molecule has 0 amide bonds. The van der Waals surface area contributed by atoms with E-state index in [1.165, 1.54) is 81.9 Å². The van der Waals surface area contributed by atoms with Crippen molar-refractivity contribution in [2.75, 3.05) is 0 Å². The number of fused-ring (bicyclic) bond motifs is 1. The minimum absolute atomic E-state index is 0.0470. The fraction of sp³-hybridized carbons (Fsp3) is 0.448. The van der Waals surface area contributed by atoms with Crippen LogP contribution < -0.4 is 0 Å². The van der Waals surface area contributed by atoms with Crippen LogP contribution >= 0.6 is 11.6 Å². The van der Waals surface area contributed by atoms with Gasteiger partial charge in [-0.05, 0) is 66.2 Å². The number of benzene rings is 3. The molecule has 0 unspecified atom stereocenters. The van der Waals surface area contributed by atoms with Crippen LogP contribution in [0.5, 0.6) is 0 Å². The van der Waals surface area contributed by atoms with E-state index in [0.29, 0.717) is 22.4 Å². The molecular weight excluding hydrogens is 422 g/mol. The predicted molar refractivity (Wildman–Crippen MR) is 132 cm³/mol. The molecule has 1 fully saturated rings. The van der Waals surface area contributed by atoms with Gasteiger partial charge in [0.15, 0.2) is 0 Å². The summed E-state index contributed by atoms with van der Waals surface area (Å²) >= 11 is 5.78. The van der Waals surface area contributed by atoms with E-state index < -0.39 is 5.82 Å². The second-order valence-corrected chi connectivity index (χ2v) is 9.86. The van der Waals surface area contributed by atoms with Gasteiger partial charge in [0.2, 0.25) is 0 Å². The summed E-state index contributed by atoms with van der Waals surface area (Å²) in [4.78, 5) is 0. The van der Waals surface area contributed by atoms with E-state index in [9.17, 15) is 4.39 Å². The molecule has 0 aliphatic heterocycles. The SMILES string of the molecule is CCCCCCC[C@H]1CC[C@H](c2ccc3c(F)c(-c4ccc(Cl)c(F)c4)ccc3c2)CC1. The first kappa shape index (κ1) is 23.2. The lowest BCUT2D eigenvalue weighted by atomic mass is 9.76. The van der Waals surface area contributed by atoms with Gasteiger partial charge < -0.3 is 0 Å². The second-order valence-electron chi connectivity index (χ2n) is 9.46. The van der Waals surface area contributed by atoms with Gasteiger partial charge in [-0.3, -0.25) is 0 Å². The van der Waals surface area contributed by atoms with Crippen LogP contribution in [-0.2, 0) is 0 Å². The van der Waals surface area contributed by atoms with Crippen LogP contribution in [0.1, 0.15) is 82.6 Å². The Morgan fingerprint density at radius 1 is 0.844 bits per heavy atom. The van der Waals surface area contributed by atoms with Crippen LogP contribution in [0.4, 0.5) is 8.78 Å². The molecule has 0 saturated heterocycles. The molecule has 0 atom stereocenters. The Balaban J connectivity index is 1.43. The molecule has 1 aliphatic carbocycles. The van der Waals surface area contributed by atoms with Gasteiger partial charge in [-0.2, -0.15) is 0 Å². The molecular formula is C29H33ClF2. The molecule has 0 radical (unpaired) electrons. The quantitative estimate of drug-likeness (QED) is 0.297. The van der Waals surface area contributed by atoms with Crippen molar-refractivity contribution >= 4 is 22.4 Å². The standard InChI is InChI=1S/C29H33ClF2/c1-2-3-4-5-6-7-20-8-10-21(11-9-20)22-12-15-25-23(18-22)13-16-26(29(25)32)24-14-17-27(30)28(31)19-24/h12-21H,2-11H2,1H3/t20-,21-. The highest BCUT2D eigenvalue weighted by Gasteiger charge is 2.22. The number of rotatable bonds is 8. The van der Waals surface area contributed by atoms with Crippen LogP contribution in [0.15, 0.2) is 48.5 Å². The maximum atomic E-state index is 15.3. The van der Waals surface area contributed by atoms with E-state index in [1.54, 1.807) is 12.1 Å². The molecule has 0 N–H and O–H groups in total. The van der Waals surface area contributed by atoms with Gasteiger partial charge in [0.1, 0.15) is 11.6 Å². The van der Waals surface area contributed by atoms with Crippen LogP contribution in [0, 0.1) is 17.6 Å². The first-order valence-corrected chi connectivity index (χ1v) is 12.6. The average Bonchev–Trinajstić information content (AvgIpc) is 2.81. The second kappa shape index (κ2) is 10.8. The van der Waals surface area contributed by atoms with Crippen molar-refractivity contribution in [1.82, 2.24) is 0 Å². The highest BCUT2D eigenvalue weighted by atomic mass is 35.5. The lowest BCUT2D eigenvalue weighted by Gasteiger charge is -2.29. The summed E-state index contributed by atoms with van der Waals surface area (Å²) < 4.78 is 29.1. The zero-order valence-corrected chi connectivity index (χ0v) is 19.7. The van der Waals surface area contributed by atoms with Gasteiger partial charge in [-0.1, -0.05) is 93.4 Å². The Hall–Kier alpha value is -1.93. The van der Waals surface area contributed by atoms with Gasteiger partial charge in [0, 0.05) is 10.9 Å². The predicted octanol–water partition coefficient (Wildman–Crippen LogP) is 10.1. The van der Waals surface area contributed by atoms with Crippen molar-refractivity contribution in [3.05, 3.63) is 70.8 Å². The van der Waals surface area contributed by atoms with Gasteiger partial charge in [0.25, 0.3) is 0 Å². The molecule has 0 nitrogen and oxygen atoms in total. The monoisotopic (exact) mass is 454 g/mol. The first-order chi connectivity index (χ1) is 15.6. The van der Waals surface area contributed by atoms with Crippen LogP contribution in [-0.4, -0.2) is 0 Å². The molecule has 4 rings (SSSR count). The summed E-state index contributed by atoms with van der Waals surface area (Å²) in [7, 11) is 0. The largest absolute Gasteiger partial charge is 0.206 e. The van der Waals surface area contributed by atoms with E-state index >= 15 is 4.39 Å². The van der Waals surface area contributed by atoms with Crippen molar-refractivity contribution in [3.63, 3.8) is 0 Å². The molecule has 170 valence electrons. The van der Waals surface area contributed by atoms with Crippen molar-refractivity contribution in [3.8, 4) is 11.1 Å². The normalized spacial score (nSPS) is 18.9. The Bertz CT molecular complexity index is 1050. The number of halogens is 3. The van der Waals surface area contributed by atoms with Gasteiger partial charge >= 0.3 is 0 Å². The molecule has 3 heteroatoms. The van der Waals surface area contributed by atoms with E-state index in [0.717, 1.165) is 11.3 Å². The van der Waals surface area contributed by atoms with E-state index in [4.69, 9.17) is 11.6 Å². The number of unbranched alkanes of at least 4 members (excludes halogenated alkanes) is 4. The Labute approximate surface area is 196 Å². The van der Waals surface area contributed by atoms with Crippen molar-refractivity contribution in [2.24, 2.45) is 5.92 Å². The maximum Gasteiger partial charge on any atom is 0.142 e. The summed E-state index contributed by atoms with van der Waals surface area (Å²) in [6.45, 7) is 2.27. The third kappa shape index (κ3) is 5.34. The minimum Gasteiger partial charge on any atom is -0.206 e. The fourth-order valence-electron chi connectivity index (χ4n) is 5.27. The van der Waals surface area contributed by atoms with Gasteiger partial charge in [0.05, 0.1) is 5.02 Å². The molecule has 3 aromatic carbocycles. The van der Waals surface area contributed by atoms with Gasteiger partial charge in [-0.25, -0.2) is 8.78 Å². The molecule has 0 spiro atoms. The zero-order chi connectivity index (χ0) is 22.5. The van der Waals surface area contributed by atoms with Gasteiger partial charge in [-0.15, -0.1) is 0 Å². The van der Waals surface area contributed by atoms with E-state index in [2.05, 4.69) is 19.1 Å². The minimum atomic E-state index is -0.532. The Morgan fingerprint density at radius 3 is 2.38 bits per heavy atom. The summed E-state index contributed by atoms with van der Waals surface area (Å²) in [6, 6.07) is 14.3. The van der Waals surface area contributed by atoms with Crippen molar-refractivity contribution in [1.29, 1.82) is 0 Å². The molecule has 0 aromatic heterocycles. The summed E-state index contributed by atoms with van der Waals surface area (Å²) in [6.07, 6.45) is 13.3. The Kier molecular flexibility index (Phi) is 7.84. The fourth-order valence-corrected chi connectivity index (χ4v) is 5.39. The van der Waals surface area contributed by atoms with Crippen molar-refractivity contribution < 1.29 is 8.78 Å². The Morgan fingerprint density at radius 2 is 1.62 bits per heavy atom. The average molecular weight is 455 g/mol. The molecule has 0 heterocycles. The zero-order valence-electron chi connectivity index (χ0n) is 19.0. The maximum absolute atomic E-state index is 15.3. The molecule has 1 aliphatic rings. The lowest BCUT2D eigenvalue weighted by molar-refractivity contribution is 0.302. The smallest absolute Gasteiger partial charge is 0.142 e. The van der Waals surface area contributed by atoms with E-state index in [1.807, 2.05) is 12.1 Å². The van der Waals surface area contributed by atoms with Crippen molar-refractivity contribution in [2.45, 2.75) is 77.0 Å². The summed E-state index contributed by atoms with van der Waals surface area (Å²) in [5.74, 6) is 0.620. The van der Waals surface area contributed by atoms with E-state index in [-0.39, 0.29) is 10.8 Å². The molecule has 1 saturated carbocycles. The third-order valence-electron chi connectivity index (χ3n) is 7.24. The number of hydrogen-bond acceptors (Lipinski definition) is 0. The van der Waals surface area contributed by atoms with Crippen LogP contribution in [0.2, 0.25) is 5.02 Å². The molecule has 3 aromatic rings. The highest BCUT2D eigenvalue weighted by Crippen LogP contribution is 2.39. The molecule has 32 heavy (non-hydrogen) atoms. The highest BCUT2D eigenvalue weighted by molar-refractivity contribution is 6.30.